The van der Waals surface area contributed by atoms with Gasteiger partial charge in [-0.3, -0.25) is 4.79 Å². The largest absolute Gasteiger partial charge is 0.348 e. The Morgan fingerprint density at radius 1 is 1.59 bits per heavy atom. The highest BCUT2D eigenvalue weighted by Crippen LogP contribution is 2.16. The molecule has 0 fully saturated rings. The summed E-state index contributed by atoms with van der Waals surface area (Å²) in [6.07, 6.45) is 1.10. The highest BCUT2D eigenvalue weighted by Gasteiger charge is 2.13. The maximum absolute atomic E-state index is 12.0. The first kappa shape index (κ1) is 13.7. The predicted molar refractivity (Wildman–Crippen MR) is 70.7 cm³/mol. The summed E-state index contributed by atoms with van der Waals surface area (Å²) in [5.41, 5.74) is 1.58. The van der Waals surface area contributed by atoms with E-state index in [2.05, 4.69) is 27.3 Å². The van der Waals surface area contributed by atoms with Crippen molar-refractivity contribution in [2.75, 3.05) is 0 Å². The van der Waals surface area contributed by atoms with Crippen molar-refractivity contribution in [3.63, 3.8) is 0 Å². The molecule has 1 aromatic rings. The number of hydrogen-bond donors (Lipinski definition) is 1. The van der Waals surface area contributed by atoms with Crippen molar-refractivity contribution in [1.82, 2.24) is 5.32 Å². The molecule has 0 saturated carbocycles. The lowest BCUT2D eigenvalue weighted by molar-refractivity contribution is 0.0936. The number of benzene rings is 1. The Morgan fingerprint density at radius 3 is 2.82 bits per heavy atom. The van der Waals surface area contributed by atoms with Gasteiger partial charge in [0.25, 0.3) is 5.91 Å². The van der Waals surface area contributed by atoms with Crippen LogP contribution in [0.2, 0.25) is 0 Å². The molecule has 0 aromatic heterocycles. The molecule has 1 atom stereocenters. The van der Waals surface area contributed by atoms with Crippen molar-refractivity contribution in [2.24, 2.45) is 0 Å². The fraction of sp³-hybridized carbons (Fsp3) is 0.385. The molecule has 0 bridgehead atoms. The molecule has 1 N–H and O–H groups in total. The monoisotopic (exact) mass is 294 g/mol. The fourth-order valence-corrected chi connectivity index (χ4v) is 2.03. The minimum atomic E-state index is -0.114. The molecule has 1 aromatic carbocycles. The van der Waals surface area contributed by atoms with Gasteiger partial charge in [0.15, 0.2) is 0 Å². The lowest BCUT2D eigenvalue weighted by Crippen LogP contribution is -2.34. The van der Waals surface area contributed by atoms with Crippen molar-refractivity contribution < 1.29 is 4.79 Å². The van der Waals surface area contributed by atoms with Gasteiger partial charge in [-0.05, 0) is 37.1 Å². The molecule has 1 amide bonds. The molecular formula is C13H15BrN2O. The Bertz CT molecular complexity index is 451. The molecule has 3 nitrogen and oxygen atoms in total. The SMILES string of the molecule is CCC(CC#N)NC(=O)c1ccc(Br)cc1C. The summed E-state index contributed by atoms with van der Waals surface area (Å²) in [6.45, 7) is 3.85. The minimum absolute atomic E-state index is 0.0736. The van der Waals surface area contributed by atoms with Crippen LogP contribution in [-0.4, -0.2) is 11.9 Å². The Kier molecular flexibility index (Phi) is 5.17. The van der Waals surface area contributed by atoms with E-state index in [4.69, 9.17) is 5.26 Å². The summed E-state index contributed by atoms with van der Waals surface area (Å²) in [5.74, 6) is -0.114. The van der Waals surface area contributed by atoms with E-state index in [0.717, 1.165) is 16.5 Å². The van der Waals surface area contributed by atoms with E-state index >= 15 is 0 Å². The van der Waals surface area contributed by atoms with Crippen LogP contribution in [0.15, 0.2) is 22.7 Å². The van der Waals surface area contributed by atoms with E-state index in [1.54, 1.807) is 6.07 Å². The molecule has 90 valence electrons. The van der Waals surface area contributed by atoms with Crippen molar-refractivity contribution in [1.29, 1.82) is 5.26 Å². The summed E-state index contributed by atoms with van der Waals surface area (Å²) < 4.78 is 0.954. The van der Waals surface area contributed by atoms with Gasteiger partial charge in [-0.1, -0.05) is 22.9 Å². The number of aryl methyl sites for hydroxylation is 1. The Hall–Kier alpha value is -1.34. The highest BCUT2D eigenvalue weighted by molar-refractivity contribution is 9.10. The van der Waals surface area contributed by atoms with Gasteiger partial charge in [0.05, 0.1) is 12.5 Å². The smallest absolute Gasteiger partial charge is 0.251 e. The van der Waals surface area contributed by atoms with Gasteiger partial charge >= 0.3 is 0 Å². The van der Waals surface area contributed by atoms with Gasteiger partial charge < -0.3 is 5.32 Å². The van der Waals surface area contributed by atoms with Crippen LogP contribution in [0.4, 0.5) is 0 Å². The normalized spacial score (nSPS) is 11.6. The first-order valence-corrected chi connectivity index (χ1v) is 6.31. The van der Waals surface area contributed by atoms with Gasteiger partial charge in [-0.2, -0.15) is 5.26 Å². The van der Waals surface area contributed by atoms with E-state index < -0.39 is 0 Å². The topological polar surface area (TPSA) is 52.9 Å². The summed E-state index contributed by atoms with van der Waals surface area (Å²) in [5, 5.41) is 11.5. The zero-order chi connectivity index (χ0) is 12.8. The number of rotatable bonds is 4. The summed E-state index contributed by atoms with van der Waals surface area (Å²) in [4.78, 5) is 12.0. The van der Waals surface area contributed by atoms with Crippen LogP contribution < -0.4 is 5.32 Å². The zero-order valence-electron chi connectivity index (χ0n) is 9.96. The van der Waals surface area contributed by atoms with Gasteiger partial charge in [0.2, 0.25) is 0 Å². The van der Waals surface area contributed by atoms with E-state index in [9.17, 15) is 4.79 Å². The van der Waals surface area contributed by atoms with Crippen molar-refractivity contribution in [3.8, 4) is 6.07 Å². The van der Waals surface area contributed by atoms with E-state index in [1.165, 1.54) is 0 Å². The molecule has 0 spiro atoms. The summed E-state index contributed by atoms with van der Waals surface area (Å²) in [6, 6.07) is 7.53. The number of amides is 1. The number of halogens is 1. The van der Waals surface area contributed by atoms with Crippen LogP contribution in [0.3, 0.4) is 0 Å². The molecule has 0 saturated heterocycles. The highest BCUT2D eigenvalue weighted by atomic mass is 79.9. The second-order valence-corrected chi connectivity index (χ2v) is 4.82. The number of carbonyl (C=O) groups is 1. The molecule has 0 aliphatic carbocycles. The maximum atomic E-state index is 12.0. The molecule has 1 rings (SSSR count). The molecule has 0 heterocycles. The van der Waals surface area contributed by atoms with Crippen LogP contribution in [0, 0.1) is 18.3 Å². The van der Waals surface area contributed by atoms with Crippen LogP contribution in [0.25, 0.3) is 0 Å². The third-order valence-electron chi connectivity index (χ3n) is 2.60. The van der Waals surface area contributed by atoms with Crippen LogP contribution in [-0.2, 0) is 0 Å². The van der Waals surface area contributed by atoms with Crippen molar-refractivity contribution in [3.05, 3.63) is 33.8 Å². The predicted octanol–water partition coefficient (Wildman–Crippen LogP) is 3.18. The van der Waals surface area contributed by atoms with E-state index in [-0.39, 0.29) is 11.9 Å². The number of hydrogen-bond acceptors (Lipinski definition) is 2. The number of nitrogens with zero attached hydrogens (tertiary/aromatic N) is 1. The maximum Gasteiger partial charge on any atom is 0.251 e. The van der Waals surface area contributed by atoms with Crippen LogP contribution >= 0.6 is 15.9 Å². The third kappa shape index (κ3) is 3.86. The molecule has 0 radical (unpaired) electrons. The molecule has 0 aliphatic rings. The molecule has 17 heavy (non-hydrogen) atoms. The van der Waals surface area contributed by atoms with Gasteiger partial charge in [0.1, 0.15) is 0 Å². The standard InChI is InChI=1S/C13H15BrN2O/c1-3-11(6-7-15)16-13(17)12-5-4-10(14)8-9(12)2/h4-5,8,11H,3,6H2,1-2H3,(H,16,17). The summed E-state index contributed by atoms with van der Waals surface area (Å²) >= 11 is 3.36. The van der Waals surface area contributed by atoms with Gasteiger partial charge in [-0.15, -0.1) is 0 Å². The average molecular weight is 295 g/mol. The summed E-state index contributed by atoms with van der Waals surface area (Å²) in [7, 11) is 0. The molecular weight excluding hydrogens is 280 g/mol. The lowest BCUT2D eigenvalue weighted by Gasteiger charge is -2.14. The second kappa shape index (κ2) is 6.41. The van der Waals surface area contributed by atoms with Crippen molar-refractivity contribution in [2.45, 2.75) is 32.7 Å². The quantitative estimate of drug-likeness (QED) is 0.927. The Balaban J connectivity index is 2.79. The van der Waals surface area contributed by atoms with Gasteiger partial charge in [0, 0.05) is 16.1 Å². The number of nitriles is 1. The Labute approximate surface area is 110 Å². The third-order valence-corrected chi connectivity index (χ3v) is 3.09. The van der Waals surface area contributed by atoms with E-state index in [0.29, 0.717) is 12.0 Å². The Morgan fingerprint density at radius 2 is 2.29 bits per heavy atom. The second-order valence-electron chi connectivity index (χ2n) is 3.90. The number of carbonyl (C=O) groups excluding carboxylic acids is 1. The van der Waals surface area contributed by atoms with Gasteiger partial charge in [-0.25, -0.2) is 0 Å². The van der Waals surface area contributed by atoms with Crippen molar-refractivity contribution >= 4 is 21.8 Å². The zero-order valence-corrected chi connectivity index (χ0v) is 11.5. The molecule has 4 heteroatoms. The molecule has 1 unspecified atom stereocenters. The first-order valence-electron chi connectivity index (χ1n) is 5.52. The van der Waals surface area contributed by atoms with E-state index in [1.807, 2.05) is 26.0 Å². The van der Waals surface area contributed by atoms with Crippen LogP contribution in [0.1, 0.15) is 35.7 Å². The molecule has 0 aliphatic heterocycles. The number of nitrogens with one attached hydrogen (secondary N) is 1. The lowest BCUT2D eigenvalue weighted by atomic mass is 10.1. The van der Waals surface area contributed by atoms with Crippen LogP contribution in [0.5, 0.6) is 0 Å². The first-order chi connectivity index (χ1) is 8.08. The minimum Gasteiger partial charge on any atom is -0.348 e. The average Bonchev–Trinajstić information content (AvgIpc) is 2.28. The fourth-order valence-electron chi connectivity index (χ4n) is 1.55.